The van der Waals surface area contributed by atoms with E-state index in [1.54, 1.807) is 0 Å². The first-order valence-corrected chi connectivity index (χ1v) is 7.87. The highest BCUT2D eigenvalue weighted by Gasteiger charge is 2.09. The lowest BCUT2D eigenvalue weighted by Crippen LogP contribution is -2.01. The van der Waals surface area contributed by atoms with Gasteiger partial charge in [0.15, 0.2) is 0 Å². The quantitative estimate of drug-likeness (QED) is 0.641. The number of aryl methyl sites for hydroxylation is 3. The molecule has 0 bridgehead atoms. The van der Waals surface area contributed by atoms with Gasteiger partial charge >= 0.3 is 0 Å². The van der Waals surface area contributed by atoms with Gasteiger partial charge in [0.25, 0.3) is 0 Å². The van der Waals surface area contributed by atoms with E-state index in [0.717, 1.165) is 21.3 Å². The molecule has 1 nitrogen and oxygen atoms in total. The third kappa shape index (κ3) is 3.77. The first kappa shape index (κ1) is 15.4. The second-order valence-corrected chi connectivity index (χ2v) is 6.31. The maximum atomic E-state index is 6.01. The molecule has 2 rings (SSSR count). The zero-order valence-corrected chi connectivity index (χ0v) is 14.3. The van der Waals surface area contributed by atoms with Gasteiger partial charge in [-0.1, -0.05) is 45.3 Å². The summed E-state index contributed by atoms with van der Waals surface area (Å²) in [4.78, 5) is 0. The molecule has 0 aliphatic heterocycles. The molecule has 3 heteroatoms. The standard InChI is InChI=1S/C17H18BrClO/c1-11-4-12(2)6-14(5-11)10-20-17-13(3)7-16(18)8-15(17)9-19/h4-8H,9-10H2,1-3H3. The molecule has 0 saturated carbocycles. The highest BCUT2D eigenvalue weighted by Crippen LogP contribution is 2.30. The molecule has 0 fully saturated rings. The third-order valence-electron chi connectivity index (χ3n) is 3.12. The van der Waals surface area contributed by atoms with Crippen molar-refractivity contribution in [2.75, 3.05) is 0 Å². The summed E-state index contributed by atoms with van der Waals surface area (Å²) in [6, 6.07) is 10.5. The minimum absolute atomic E-state index is 0.447. The molecule has 0 heterocycles. The third-order valence-corrected chi connectivity index (χ3v) is 3.87. The normalized spacial score (nSPS) is 10.7. The van der Waals surface area contributed by atoms with Gasteiger partial charge in [0.1, 0.15) is 12.4 Å². The Morgan fingerprint density at radius 3 is 2.25 bits per heavy atom. The number of hydrogen-bond acceptors (Lipinski definition) is 1. The summed E-state index contributed by atoms with van der Waals surface area (Å²) in [7, 11) is 0. The molecule has 2 aromatic rings. The summed E-state index contributed by atoms with van der Waals surface area (Å²) >= 11 is 9.50. The smallest absolute Gasteiger partial charge is 0.127 e. The zero-order chi connectivity index (χ0) is 14.7. The van der Waals surface area contributed by atoms with Crippen molar-refractivity contribution in [3.8, 4) is 5.75 Å². The number of hydrogen-bond donors (Lipinski definition) is 0. The Kier molecular flexibility index (Phi) is 5.11. The van der Waals surface area contributed by atoms with Crippen LogP contribution in [0, 0.1) is 20.8 Å². The molecule has 0 atom stereocenters. The van der Waals surface area contributed by atoms with Crippen molar-refractivity contribution in [3.63, 3.8) is 0 Å². The van der Waals surface area contributed by atoms with E-state index in [1.807, 2.05) is 19.1 Å². The van der Waals surface area contributed by atoms with Gasteiger partial charge < -0.3 is 4.74 Å². The van der Waals surface area contributed by atoms with Crippen LogP contribution in [0.25, 0.3) is 0 Å². The van der Waals surface area contributed by atoms with E-state index in [2.05, 4.69) is 48.0 Å². The second kappa shape index (κ2) is 6.64. The molecule has 0 spiro atoms. The Morgan fingerprint density at radius 1 is 1.00 bits per heavy atom. The van der Waals surface area contributed by atoms with E-state index in [9.17, 15) is 0 Å². The maximum Gasteiger partial charge on any atom is 0.127 e. The van der Waals surface area contributed by atoms with Crippen LogP contribution in [-0.4, -0.2) is 0 Å². The summed E-state index contributed by atoms with van der Waals surface area (Å²) in [6.45, 7) is 6.81. The molecule has 0 aliphatic carbocycles. The predicted molar refractivity (Wildman–Crippen MR) is 88.7 cm³/mol. The monoisotopic (exact) mass is 352 g/mol. The van der Waals surface area contributed by atoms with Gasteiger partial charge in [-0.25, -0.2) is 0 Å². The van der Waals surface area contributed by atoms with Crippen molar-refractivity contribution in [2.24, 2.45) is 0 Å². The topological polar surface area (TPSA) is 9.23 Å². The van der Waals surface area contributed by atoms with Crippen LogP contribution < -0.4 is 4.74 Å². The van der Waals surface area contributed by atoms with Gasteiger partial charge in [-0.05, 0) is 44.0 Å². The van der Waals surface area contributed by atoms with Crippen LogP contribution >= 0.6 is 27.5 Å². The Hall–Kier alpha value is -0.990. The van der Waals surface area contributed by atoms with Gasteiger partial charge in [-0.3, -0.25) is 0 Å². The first-order valence-electron chi connectivity index (χ1n) is 6.54. The summed E-state index contributed by atoms with van der Waals surface area (Å²) < 4.78 is 7.04. The minimum Gasteiger partial charge on any atom is -0.488 e. The van der Waals surface area contributed by atoms with Gasteiger partial charge in [0, 0.05) is 10.0 Å². The molecule has 2 aromatic carbocycles. The fourth-order valence-corrected chi connectivity index (χ4v) is 3.23. The molecule has 0 saturated heterocycles. The molecular weight excluding hydrogens is 336 g/mol. The number of halogens is 2. The molecule has 0 N–H and O–H groups in total. The second-order valence-electron chi connectivity index (χ2n) is 5.13. The predicted octanol–water partition coefficient (Wildman–Crippen LogP) is 5.69. The lowest BCUT2D eigenvalue weighted by atomic mass is 10.1. The maximum absolute atomic E-state index is 6.01. The van der Waals surface area contributed by atoms with E-state index in [-0.39, 0.29) is 0 Å². The van der Waals surface area contributed by atoms with Crippen LogP contribution in [0.3, 0.4) is 0 Å². The average Bonchev–Trinajstić information content (AvgIpc) is 2.35. The summed E-state index contributed by atoms with van der Waals surface area (Å²) in [5, 5.41) is 0. The van der Waals surface area contributed by atoms with E-state index < -0.39 is 0 Å². The van der Waals surface area contributed by atoms with Gasteiger partial charge in [0.2, 0.25) is 0 Å². The lowest BCUT2D eigenvalue weighted by Gasteiger charge is -2.14. The number of benzene rings is 2. The zero-order valence-electron chi connectivity index (χ0n) is 12.0. The highest BCUT2D eigenvalue weighted by atomic mass is 79.9. The molecule has 0 radical (unpaired) electrons. The van der Waals surface area contributed by atoms with Gasteiger partial charge in [0.05, 0.1) is 5.88 Å². The Morgan fingerprint density at radius 2 is 1.65 bits per heavy atom. The van der Waals surface area contributed by atoms with Crippen molar-refractivity contribution < 1.29 is 4.74 Å². The number of alkyl halides is 1. The Balaban J connectivity index is 2.22. The molecule has 0 unspecified atom stereocenters. The van der Waals surface area contributed by atoms with Crippen LogP contribution in [0.15, 0.2) is 34.8 Å². The van der Waals surface area contributed by atoms with E-state index in [4.69, 9.17) is 16.3 Å². The summed E-state index contributed by atoms with van der Waals surface area (Å²) in [5.74, 6) is 1.34. The molecular formula is C17H18BrClO. The van der Waals surface area contributed by atoms with Crippen LogP contribution in [0.5, 0.6) is 5.75 Å². The van der Waals surface area contributed by atoms with E-state index in [1.165, 1.54) is 16.7 Å². The summed E-state index contributed by atoms with van der Waals surface area (Å²) in [5.41, 5.74) is 5.81. The fourth-order valence-electron chi connectivity index (χ4n) is 2.41. The van der Waals surface area contributed by atoms with Crippen molar-refractivity contribution in [1.82, 2.24) is 0 Å². The van der Waals surface area contributed by atoms with Crippen LogP contribution in [0.4, 0.5) is 0 Å². The molecule has 20 heavy (non-hydrogen) atoms. The van der Waals surface area contributed by atoms with E-state index in [0.29, 0.717) is 12.5 Å². The molecule has 0 aromatic heterocycles. The number of rotatable bonds is 4. The molecule has 106 valence electrons. The van der Waals surface area contributed by atoms with Crippen LogP contribution in [0.2, 0.25) is 0 Å². The van der Waals surface area contributed by atoms with Crippen molar-refractivity contribution in [2.45, 2.75) is 33.3 Å². The Bertz CT molecular complexity index is 602. The first-order chi connectivity index (χ1) is 9.49. The van der Waals surface area contributed by atoms with Crippen molar-refractivity contribution >= 4 is 27.5 Å². The van der Waals surface area contributed by atoms with Gasteiger partial charge in [-0.15, -0.1) is 11.6 Å². The molecule has 0 amide bonds. The fraction of sp³-hybridized carbons (Fsp3) is 0.294. The van der Waals surface area contributed by atoms with Crippen LogP contribution in [0.1, 0.15) is 27.8 Å². The number of ether oxygens (including phenoxy) is 1. The SMILES string of the molecule is Cc1cc(C)cc(COc2c(C)cc(Br)cc2CCl)c1. The highest BCUT2D eigenvalue weighted by molar-refractivity contribution is 9.10. The average molecular weight is 354 g/mol. The Labute approximate surface area is 134 Å². The van der Waals surface area contributed by atoms with Crippen molar-refractivity contribution in [3.05, 3.63) is 62.6 Å². The summed E-state index contributed by atoms with van der Waals surface area (Å²) in [6.07, 6.45) is 0. The molecule has 0 aliphatic rings. The van der Waals surface area contributed by atoms with Crippen molar-refractivity contribution in [1.29, 1.82) is 0 Å². The minimum atomic E-state index is 0.447. The van der Waals surface area contributed by atoms with Crippen LogP contribution in [-0.2, 0) is 12.5 Å². The van der Waals surface area contributed by atoms with E-state index >= 15 is 0 Å². The largest absolute Gasteiger partial charge is 0.488 e. The lowest BCUT2D eigenvalue weighted by molar-refractivity contribution is 0.301. The van der Waals surface area contributed by atoms with Gasteiger partial charge in [-0.2, -0.15) is 0 Å².